The fourth-order valence-corrected chi connectivity index (χ4v) is 4.11. The van der Waals surface area contributed by atoms with Crippen LogP contribution >= 0.6 is 0 Å². The van der Waals surface area contributed by atoms with Crippen molar-refractivity contribution >= 4 is 5.91 Å². The highest BCUT2D eigenvalue weighted by Gasteiger charge is 2.42. The van der Waals surface area contributed by atoms with E-state index < -0.39 is 23.3 Å². The maximum absolute atomic E-state index is 14.0. The van der Waals surface area contributed by atoms with Gasteiger partial charge in [0, 0.05) is 25.9 Å². The number of alkyl halides is 3. The van der Waals surface area contributed by atoms with Crippen LogP contribution in [0.5, 0.6) is 11.5 Å². The van der Waals surface area contributed by atoms with E-state index in [0.29, 0.717) is 36.5 Å². The summed E-state index contributed by atoms with van der Waals surface area (Å²) in [7, 11) is 0. The van der Waals surface area contributed by atoms with Crippen LogP contribution in [0.1, 0.15) is 41.4 Å². The first kappa shape index (κ1) is 23.7. The van der Waals surface area contributed by atoms with Crippen molar-refractivity contribution < 1.29 is 27.4 Å². The van der Waals surface area contributed by atoms with Crippen LogP contribution in [0, 0.1) is 6.92 Å². The maximum atomic E-state index is 14.0. The molecule has 0 unspecified atom stereocenters. The lowest BCUT2D eigenvalue weighted by Crippen LogP contribution is -2.42. The molecule has 180 valence electrons. The molecule has 1 saturated heterocycles. The quantitative estimate of drug-likeness (QED) is 0.489. The predicted octanol–water partition coefficient (Wildman–Crippen LogP) is 5.28. The molecule has 0 radical (unpaired) electrons. The summed E-state index contributed by atoms with van der Waals surface area (Å²) in [6, 6.07) is 14.0. The van der Waals surface area contributed by atoms with Gasteiger partial charge < -0.3 is 14.4 Å². The van der Waals surface area contributed by atoms with Crippen LogP contribution in [0.25, 0.3) is 5.69 Å². The molecule has 2 aromatic carbocycles. The van der Waals surface area contributed by atoms with E-state index in [9.17, 15) is 18.0 Å². The molecule has 0 N–H and O–H groups in total. The van der Waals surface area contributed by atoms with Crippen molar-refractivity contribution in [2.45, 2.75) is 39.0 Å². The molecule has 0 saturated carbocycles. The first-order valence-corrected chi connectivity index (χ1v) is 11.2. The SMILES string of the molecule is CCOc1ccccc1OC1CCN(C(=O)c2cnn(-c3ccccc3C)c2C(F)(F)F)CC1. The van der Waals surface area contributed by atoms with E-state index in [4.69, 9.17) is 9.47 Å². The summed E-state index contributed by atoms with van der Waals surface area (Å²) in [4.78, 5) is 14.5. The highest BCUT2D eigenvalue weighted by molar-refractivity contribution is 5.95. The number of carbonyl (C=O) groups is 1. The monoisotopic (exact) mass is 473 g/mol. The lowest BCUT2D eigenvalue weighted by molar-refractivity contribution is -0.143. The number of carbonyl (C=O) groups excluding carboxylic acids is 1. The van der Waals surface area contributed by atoms with Crippen LogP contribution in [0.2, 0.25) is 0 Å². The van der Waals surface area contributed by atoms with Gasteiger partial charge in [-0.25, -0.2) is 4.68 Å². The molecule has 1 amide bonds. The van der Waals surface area contributed by atoms with Crippen molar-refractivity contribution in [3.8, 4) is 17.2 Å². The number of ether oxygens (including phenoxy) is 2. The molecule has 0 aliphatic carbocycles. The molecule has 2 heterocycles. The van der Waals surface area contributed by atoms with Gasteiger partial charge in [0.2, 0.25) is 0 Å². The number of nitrogens with zero attached hydrogens (tertiary/aromatic N) is 3. The summed E-state index contributed by atoms with van der Waals surface area (Å²) in [5.74, 6) is 0.579. The molecule has 34 heavy (non-hydrogen) atoms. The lowest BCUT2D eigenvalue weighted by Gasteiger charge is -2.32. The van der Waals surface area contributed by atoms with E-state index in [2.05, 4.69) is 5.10 Å². The van der Waals surface area contributed by atoms with Crippen LogP contribution in [0.4, 0.5) is 13.2 Å². The number of para-hydroxylation sites is 3. The standard InChI is InChI=1S/C25H26F3N3O3/c1-3-33-21-10-6-7-11-22(21)34-18-12-14-30(15-13-18)24(32)19-16-29-31(23(19)25(26,27)28)20-9-5-4-8-17(20)2/h4-11,16,18H,3,12-15H2,1-2H3. The average molecular weight is 473 g/mol. The van der Waals surface area contributed by atoms with Crippen LogP contribution in [0.3, 0.4) is 0 Å². The summed E-state index contributed by atoms with van der Waals surface area (Å²) in [5, 5.41) is 3.94. The molecule has 6 nitrogen and oxygen atoms in total. The number of aromatic nitrogens is 2. The van der Waals surface area contributed by atoms with Crippen molar-refractivity contribution in [2.24, 2.45) is 0 Å². The molecular weight excluding hydrogens is 447 g/mol. The van der Waals surface area contributed by atoms with Gasteiger partial charge in [-0.3, -0.25) is 4.79 Å². The topological polar surface area (TPSA) is 56.6 Å². The second kappa shape index (κ2) is 9.79. The summed E-state index contributed by atoms with van der Waals surface area (Å²) >= 11 is 0. The van der Waals surface area contributed by atoms with Crippen molar-refractivity contribution in [1.82, 2.24) is 14.7 Å². The van der Waals surface area contributed by atoms with Gasteiger partial charge in [-0.2, -0.15) is 18.3 Å². The Morgan fingerprint density at radius 1 is 1.06 bits per heavy atom. The van der Waals surface area contributed by atoms with Gasteiger partial charge in [0.1, 0.15) is 6.10 Å². The van der Waals surface area contributed by atoms with Gasteiger partial charge in [0.05, 0.1) is 24.1 Å². The van der Waals surface area contributed by atoms with Crippen LogP contribution in [-0.2, 0) is 6.18 Å². The number of halogens is 3. The fourth-order valence-electron chi connectivity index (χ4n) is 4.11. The van der Waals surface area contributed by atoms with E-state index in [0.717, 1.165) is 10.9 Å². The van der Waals surface area contributed by atoms with E-state index >= 15 is 0 Å². The molecular formula is C25H26F3N3O3. The molecule has 1 aromatic heterocycles. The smallest absolute Gasteiger partial charge is 0.434 e. The fraction of sp³-hybridized carbons (Fsp3) is 0.360. The van der Waals surface area contributed by atoms with Crippen molar-refractivity contribution in [2.75, 3.05) is 19.7 Å². The number of hydrogen-bond donors (Lipinski definition) is 0. The largest absolute Gasteiger partial charge is 0.490 e. The number of piperidine rings is 1. The van der Waals surface area contributed by atoms with Crippen LogP contribution in [-0.4, -0.2) is 46.4 Å². The van der Waals surface area contributed by atoms with Crippen LogP contribution in [0.15, 0.2) is 54.7 Å². The highest BCUT2D eigenvalue weighted by atomic mass is 19.4. The van der Waals surface area contributed by atoms with Crippen molar-refractivity contribution in [1.29, 1.82) is 0 Å². The Morgan fingerprint density at radius 2 is 1.71 bits per heavy atom. The molecule has 0 spiro atoms. The average Bonchev–Trinajstić information content (AvgIpc) is 3.27. The number of aryl methyl sites for hydroxylation is 1. The second-order valence-electron chi connectivity index (χ2n) is 8.09. The zero-order valence-corrected chi connectivity index (χ0v) is 19.0. The zero-order chi connectivity index (χ0) is 24.3. The Bertz CT molecular complexity index is 1150. The third-order valence-electron chi connectivity index (χ3n) is 5.78. The van der Waals surface area contributed by atoms with E-state index in [1.807, 2.05) is 31.2 Å². The highest BCUT2D eigenvalue weighted by Crippen LogP contribution is 2.35. The van der Waals surface area contributed by atoms with Crippen molar-refractivity contribution in [3.63, 3.8) is 0 Å². The minimum atomic E-state index is -4.74. The van der Waals surface area contributed by atoms with Crippen LogP contribution < -0.4 is 9.47 Å². The molecule has 1 fully saturated rings. The minimum Gasteiger partial charge on any atom is -0.490 e. The Morgan fingerprint density at radius 3 is 2.35 bits per heavy atom. The van der Waals surface area contributed by atoms with Gasteiger partial charge in [-0.1, -0.05) is 30.3 Å². The van der Waals surface area contributed by atoms with Gasteiger partial charge in [0.15, 0.2) is 17.2 Å². The van der Waals surface area contributed by atoms with Crippen molar-refractivity contribution in [3.05, 3.63) is 71.5 Å². The normalized spacial score (nSPS) is 14.8. The van der Waals surface area contributed by atoms with E-state index in [-0.39, 0.29) is 24.9 Å². The molecule has 9 heteroatoms. The zero-order valence-electron chi connectivity index (χ0n) is 19.0. The number of benzene rings is 2. The van der Waals surface area contributed by atoms with Gasteiger partial charge in [-0.15, -0.1) is 0 Å². The van der Waals surface area contributed by atoms with Gasteiger partial charge >= 0.3 is 6.18 Å². The number of amides is 1. The number of likely N-dealkylation sites (tertiary alicyclic amines) is 1. The number of rotatable bonds is 6. The third-order valence-corrected chi connectivity index (χ3v) is 5.78. The minimum absolute atomic E-state index is 0.164. The Hall–Kier alpha value is -3.49. The summed E-state index contributed by atoms with van der Waals surface area (Å²) in [5.41, 5.74) is -0.595. The first-order chi connectivity index (χ1) is 16.3. The molecule has 1 aliphatic heterocycles. The molecule has 3 aromatic rings. The molecule has 1 aliphatic rings. The van der Waals surface area contributed by atoms with E-state index in [1.165, 1.54) is 4.90 Å². The summed E-state index contributed by atoms with van der Waals surface area (Å²) in [6.07, 6.45) is -2.89. The maximum Gasteiger partial charge on any atom is 0.434 e. The first-order valence-electron chi connectivity index (χ1n) is 11.2. The summed E-state index contributed by atoms with van der Waals surface area (Å²) in [6.45, 7) is 4.66. The Balaban J connectivity index is 1.50. The number of hydrogen-bond acceptors (Lipinski definition) is 4. The summed E-state index contributed by atoms with van der Waals surface area (Å²) < 4.78 is 54.5. The third kappa shape index (κ3) is 4.88. The molecule has 0 atom stereocenters. The lowest BCUT2D eigenvalue weighted by atomic mass is 10.1. The molecule has 0 bridgehead atoms. The van der Waals surface area contributed by atoms with Gasteiger partial charge in [0.25, 0.3) is 5.91 Å². The molecule has 4 rings (SSSR count). The second-order valence-corrected chi connectivity index (χ2v) is 8.09. The van der Waals surface area contributed by atoms with E-state index in [1.54, 1.807) is 31.2 Å². The van der Waals surface area contributed by atoms with Gasteiger partial charge in [-0.05, 0) is 37.6 Å². The predicted molar refractivity (Wildman–Crippen MR) is 120 cm³/mol. The Labute approximate surface area is 195 Å². The Kier molecular flexibility index (Phi) is 6.81.